The number of aromatic nitrogens is 4. The molecule has 0 aliphatic rings. The molecular formula is C48H49N4O+. The number of ether oxygens (including phenoxy) is 1. The van der Waals surface area contributed by atoms with E-state index >= 15 is 0 Å². The van der Waals surface area contributed by atoms with Crippen molar-refractivity contribution in [3.8, 4) is 28.7 Å². The van der Waals surface area contributed by atoms with Gasteiger partial charge in [-0.15, -0.1) is 0 Å². The smallest absolute Gasteiger partial charge is 0.168 e. The molecule has 0 saturated carbocycles. The van der Waals surface area contributed by atoms with Crippen LogP contribution >= 0.6 is 0 Å². The maximum absolute atomic E-state index is 6.90. The number of rotatable bonds is 5. The Morgan fingerprint density at radius 1 is 0.509 bits per heavy atom. The Balaban J connectivity index is 1.31. The predicted octanol–water partition coefficient (Wildman–Crippen LogP) is 12.9. The molecule has 266 valence electrons. The van der Waals surface area contributed by atoms with Gasteiger partial charge in [-0.1, -0.05) is 105 Å². The first kappa shape index (κ1) is 34.4. The lowest BCUT2D eigenvalue weighted by atomic mass is 9.84. The second-order valence-corrected chi connectivity index (χ2v) is 17.4. The molecule has 3 heterocycles. The van der Waals surface area contributed by atoms with Crippen LogP contribution in [0.5, 0.6) is 11.5 Å². The fourth-order valence-electron chi connectivity index (χ4n) is 7.45. The van der Waals surface area contributed by atoms with Gasteiger partial charge in [-0.2, -0.15) is 9.13 Å². The molecule has 0 saturated heterocycles. The van der Waals surface area contributed by atoms with Gasteiger partial charge in [0, 0.05) is 47.3 Å². The molecule has 0 N–H and O–H groups in total. The number of nitrogens with zero attached hydrogens (tertiary/aromatic N) is 4. The van der Waals surface area contributed by atoms with Crippen molar-refractivity contribution >= 4 is 32.8 Å². The SMILES string of the molecule is CC(C)(C)c1cc(Oc2ccc3c4c(C(C)(C)C)cccc4n(-c4cc(C(C)(C)C)ccn4)c3c2)cc(-n2[cH+]n(-c3ccccc3)c3ccccc32)c1. The summed E-state index contributed by atoms with van der Waals surface area (Å²) < 4.78 is 13.7. The highest BCUT2D eigenvalue weighted by atomic mass is 16.5. The Morgan fingerprint density at radius 2 is 1.17 bits per heavy atom. The van der Waals surface area contributed by atoms with Gasteiger partial charge < -0.3 is 4.74 Å². The number of fused-ring (bicyclic) bond motifs is 4. The van der Waals surface area contributed by atoms with Gasteiger partial charge >= 0.3 is 0 Å². The molecule has 3 aromatic heterocycles. The van der Waals surface area contributed by atoms with E-state index in [-0.39, 0.29) is 16.2 Å². The zero-order valence-electron chi connectivity index (χ0n) is 32.4. The van der Waals surface area contributed by atoms with E-state index in [0.29, 0.717) is 0 Å². The van der Waals surface area contributed by atoms with E-state index in [1.54, 1.807) is 0 Å². The normalized spacial score (nSPS) is 12.6. The lowest BCUT2D eigenvalue weighted by Gasteiger charge is -2.21. The van der Waals surface area contributed by atoms with Crippen molar-refractivity contribution in [2.75, 3.05) is 0 Å². The third-order valence-electron chi connectivity index (χ3n) is 10.3. The highest BCUT2D eigenvalue weighted by Gasteiger charge is 2.25. The quantitative estimate of drug-likeness (QED) is 0.168. The maximum Gasteiger partial charge on any atom is 0.168 e. The number of benzene rings is 5. The summed E-state index contributed by atoms with van der Waals surface area (Å²) in [6, 6.07) is 43.2. The van der Waals surface area contributed by atoms with Crippen LogP contribution in [0.2, 0.25) is 0 Å². The van der Waals surface area contributed by atoms with E-state index in [1.807, 2.05) is 6.20 Å². The van der Waals surface area contributed by atoms with Gasteiger partial charge in [-0.05, 0) is 81.5 Å². The molecule has 0 amide bonds. The standard InChI is InChI=1S/C48H49N4O/c1-46(2,3)32-24-25-49-44(28-32)52-42-21-15-18-39(48(7,8)9)45(42)38-23-22-36(30-43(38)52)53-37-27-33(47(4,5)6)26-35(29-37)51-31-50(34-16-11-10-12-17-34)40-19-13-14-20-41(40)51/h10-31H,1-9H3/q+1. The van der Waals surface area contributed by atoms with Gasteiger partial charge in [0.15, 0.2) is 17.4 Å². The second kappa shape index (κ2) is 12.5. The molecule has 5 nitrogen and oxygen atoms in total. The summed E-state index contributed by atoms with van der Waals surface area (Å²) in [7, 11) is 0. The zero-order valence-corrected chi connectivity index (χ0v) is 32.4. The van der Waals surface area contributed by atoms with Crippen molar-refractivity contribution in [1.29, 1.82) is 0 Å². The minimum absolute atomic E-state index is 0.0114. The molecular weight excluding hydrogens is 649 g/mol. The van der Waals surface area contributed by atoms with Gasteiger partial charge in [-0.25, -0.2) is 4.98 Å². The number of hydrogen-bond donors (Lipinski definition) is 0. The highest BCUT2D eigenvalue weighted by molar-refractivity contribution is 6.11. The summed E-state index contributed by atoms with van der Waals surface area (Å²) in [6.07, 6.45) is 4.12. The lowest BCUT2D eigenvalue weighted by Crippen LogP contribution is -2.12. The molecule has 53 heavy (non-hydrogen) atoms. The third kappa shape index (κ3) is 6.28. The van der Waals surface area contributed by atoms with E-state index in [1.165, 1.54) is 27.5 Å². The topological polar surface area (TPSA) is 36.9 Å². The highest BCUT2D eigenvalue weighted by Crippen LogP contribution is 2.41. The Kier molecular flexibility index (Phi) is 8.10. The van der Waals surface area contributed by atoms with Gasteiger partial charge in [0.05, 0.1) is 11.0 Å². The van der Waals surface area contributed by atoms with Crippen LogP contribution in [0.3, 0.4) is 0 Å². The number of hydrogen-bond acceptors (Lipinski definition) is 2. The van der Waals surface area contributed by atoms with Crippen LogP contribution in [0.4, 0.5) is 0 Å². The summed E-state index contributed by atoms with van der Waals surface area (Å²) in [4.78, 5) is 4.95. The summed E-state index contributed by atoms with van der Waals surface area (Å²) in [6.45, 7) is 20.4. The number of pyridine rings is 1. The van der Waals surface area contributed by atoms with Crippen LogP contribution in [0.1, 0.15) is 79.0 Å². The molecule has 8 aromatic rings. The van der Waals surface area contributed by atoms with Crippen molar-refractivity contribution in [2.45, 2.75) is 78.6 Å². The molecule has 0 aliphatic carbocycles. The van der Waals surface area contributed by atoms with Crippen LogP contribution in [-0.4, -0.2) is 18.7 Å². The summed E-state index contributed by atoms with van der Waals surface area (Å²) in [5, 5.41) is 2.45. The van der Waals surface area contributed by atoms with Crippen molar-refractivity contribution in [1.82, 2.24) is 18.7 Å². The molecule has 0 atom stereocenters. The first-order chi connectivity index (χ1) is 25.2. The molecule has 0 bridgehead atoms. The first-order valence-electron chi connectivity index (χ1n) is 18.6. The zero-order chi connectivity index (χ0) is 37.3. The van der Waals surface area contributed by atoms with E-state index in [4.69, 9.17) is 9.72 Å². The summed E-state index contributed by atoms with van der Waals surface area (Å²) in [5.41, 5.74) is 10.2. The minimum Gasteiger partial charge on any atom is -0.456 e. The Bertz CT molecular complexity index is 2640. The molecule has 8 rings (SSSR count). The second-order valence-electron chi connectivity index (χ2n) is 17.4. The fraction of sp³-hybridized carbons (Fsp3) is 0.250. The third-order valence-corrected chi connectivity index (χ3v) is 10.3. The Morgan fingerprint density at radius 3 is 1.85 bits per heavy atom. The average molecular weight is 698 g/mol. The van der Waals surface area contributed by atoms with E-state index in [0.717, 1.165) is 50.8 Å². The largest absolute Gasteiger partial charge is 0.456 e. The van der Waals surface area contributed by atoms with Crippen LogP contribution in [-0.2, 0) is 16.2 Å². The van der Waals surface area contributed by atoms with Gasteiger partial charge in [0.1, 0.15) is 28.7 Å². The minimum atomic E-state index is -0.101. The molecule has 5 aromatic carbocycles. The average Bonchev–Trinajstić information content (AvgIpc) is 3.67. The van der Waals surface area contributed by atoms with Gasteiger partial charge in [-0.3, -0.25) is 4.57 Å². The Hall–Kier alpha value is -5.68. The molecule has 5 heteroatoms. The summed E-state index contributed by atoms with van der Waals surface area (Å²) in [5.74, 6) is 2.48. The number of imidazole rings is 1. The van der Waals surface area contributed by atoms with E-state index in [2.05, 4.69) is 204 Å². The predicted molar refractivity (Wildman–Crippen MR) is 222 cm³/mol. The van der Waals surface area contributed by atoms with Crippen LogP contribution < -0.4 is 4.74 Å². The number of para-hydroxylation sites is 3. The maximum atomic E-state index is 6.90. The molecule has 0 aliphatic heterocycles. The van der Waals surface area contributed by atoms with E-state index < -0.39 is 0 Å². The lowest BCUT2D eigenvalue weighted by molar-refractivity contribution is 0.479. The van der Waals surface area contributed by atoms with Crippen molar-refractivity contribution in [2.24, 2.45) is 0 Å². The van der Waals surface area contributed by atoms with Crippen molar-refractivity contribution < 1.29 is 4.74 Å². The Labute approximate surface area is 313 Å². The first-order valence-corrected chi connectivity index (χ1v) is 18.6. The van der Waals surface area contributed by atoms with Crippen molar-refractivity contribution in [3.63, 3.8) is 0 Å². The van der Waals surface area contributed by atoms with Gasteiger partial charge in [0.25, 0.3) is 0 Å². The van der Waals surface area contributed by atoms with E-state index in [9.17, 15) is 0 Å². The monoisotopic (exact) mass is 697 g/mol. The molecule has 0 unspecified atom stereocenters. The van der Waals surface area contributed by atoms with Crippen LogP contribution in [0.15, 0.2) is 134 Å². The molecule has 0 radical (unpaired) electrons. The van der Waals surface area contributed by atoms with Crippen LogP contribution in [0.25, 0.3) is 50.0 Å². The molecule has 0 spiro atoms. The van der Waals surface area contributed by atoms with Gasteiger partial charge in [0.2, 0.25) is 0 Å². The van der Waals surface area contributed by atoms with Crippen molar-refractivity contribution in [3.05, 3.63) is 151 Å². The summed E-state index contributed by atoms with van der Waals surface area (Å²) >= 11 is 0. The molecule has 0 fully saturated rings. The fourth-order valence-corrected chi connectivity index (χ4v) is 7.45. The van der Waals surface area contributed by atoms with Crippen LogP contribution in [0, 0.1) is 0 Å².